The third-order valence-electron chi connectivity index (χ3n) is 2.30. The van der Waals surface area contributed by atoms with Gasteiger partial charge in [-0.05, 0) is 6.07 Å². The quantitative estimate of drug-likeness (QED) is 0.571. The molecule has 0 atom stereocenters. The van der Waals surface area contributed by atoms with Crippen LogP contribution in [0.5, 0.6) is 0 Å². The Morgan fingerprint density at radius 2 is 2.08 bits per heavy atom. The van der Waals surface area contributed by atoms with Gasteiger partial charge in [-0.2, -0.15) is 0 Å². The summed E-state index contributed by atoms with van der Waals surface area (Å²) in [6.45, 7) is 0. The van der Waals surface area contributed by atoms with Gasteiger partial charge in [0.2, 0.25) is 0 Å². The number of rotatable bonds is 0. The van der Waals surface area contributed by atoms with E-state index >= 15 is 0 Å². The van der Waals surface area contributed by atoms with E-state index in [4.69, 9.17) is 4.42 Å². The van der Waals surface area contributed by atoms with Gasteiger partial charge in [0, 0.05) is 17.4 Å². The van der Waals surface area contributed by atoms with Crippen LogP contribution in [-0.2, 0) is 6.42 Å². The summed E-state index contributed by atoms with van der Waals surface area (Å²) in [6.07, 6.45) is 5.23. The molecule has 0 unspecified atom stereocenters. The van der Waals surface area contributed by atoms with Crippen molar-refractivity contribution in [1.82, 2.24) is 0 Å². The number of allylic oxidation sites excluding steroid dienone is 1. The molecule has 0 bridgehead atoms. The van der Waals surface area contributed by atoms with Crippen LogP contribution < -0.4 is 0 Å². The molecule has 0 N–H and O–H groups in total. The average Bonchev–Trinajstić information content (AvgIpc) is 2.62. The Hall–Kier alpha value is -1.50. The molecule has 0 fully saturated rings. The van der Waals surface area contributed by atoms with Crippen molar-refractivity contribution in [1.29, 1.82) is 0 Å². The van der Waals surface area contributed by atoms with Gasteiger partial charge in [0.15, 0.2) is 0 Å². The fourth-order valence-electron chi connectivity index (χ4n) is 1.73. The Kier molecular flexibility index (Phi) is 1.01. The van der Waals surface area contributed by atoms with Crippen molar-refractivity contribution >= 4 is 17.0 Å². The van der Waals surface area contributed by atoms with E-state index in [2.05, 4.69) is 18.2 Å². The minimum atomic E-state index is 0.948. The molecule has 0 spiro atoms. The van der Waals surface area contributed by atoms with Crippen molar-refractivity contribution in [3.05, 3.63) is 41.7 Å². The zero-order chi connectivity index (χ0) is 7.97. The minimum absolute atomic E-state index is 0.948. The molecular weight excluding hydrogens is 148 g/mol. The molecule has 0 saturated carbocycles. The summed E-state index contributed by atoms with van der Waals surface area (Å²) in [7, 11) is 0. The van der Waals surface area contributed by atoms with E-state index in [9.17, 15) is 0 Å². The van der Waals surface area contributed by atoms with Crippen LogP contribution in [0.1, 0.15) is 11.3 Å². The Balaban J connectivity index is 2.51. The van der Waals surface area contributed by atoms with Gasteiger partial charge in [-0.15, -0.1) is 0 Å². The lowest BCUT2D eigenvalue weighted by atomic mass is 10.2. The zero-order valence-electron chi connectivity index (χ0n) is 6.58. The predicted octanol–water partition coefficient (Wildman–Crippen LogP) is 3.00. The molecule has 1 heterocycles. The third-order valence-corrected chi connectivity index (χ3v) is 2.30. The molecule has 58 valence electrons. The number of furan rings is 1. The van der Waals surface area contributed by atoms with Crippen molar-refractivity contribution in [3.63, 3.8) is 0 Å². The van der Waals surface area contributed by atoms with E-state index in [1.165, 1.54) is 10.9 Å². The molecule has 2 aromatic rings. The Labute approximate surface area is 70.3 Å². The second kappa shape index (κ2) is 2.01. The maximum absolute atomic E-state index is 5.65. The molecule has 0 radical (unpaired) electrons. The highest BCUT2D eigenvalue weighted by Gasteiger charge is 2.13. The average molecular weight is 156 g/mol. The van der Waals surface area contributed by atoms with Gasteiger partial charge in [-0.25, -0.2) is 0 Å². The van der Waals surface area contributed by atoms with Crippen LogP contribution >= 0.6 is 0 Å². The minimum Gasteiger partial charge on any atom is -0.460 e. The fraction of sp³-hybridized carbons (Fsp3) is 0.0909. The lowest BCUT2D eigenvalue weighted by Crippen LogP contribution is -1.69. The first-order valence-corrected chi connectivity index (χ1v) is 4.12. The Morgan fingerprint density at radius 1 is 1.17 bits per heavy atom. The predicted molar refractivity (Wildman–Crippen MR) is 49.0 cm³/mol. The first-order valence-electron chi connectivity index (χ1n) is 4.12. The summed E-state index contributed by atoms with van der Waals surface area (Å²) in [5.74, 6) is 1.11. The van der Waals surface area contributed by atoms with E-state index in [-0.39, 0.29) is 0 Å². The van der Waals surface area contributed by atoms with Gasteiger partial charge in [0.1, 0.15) is 11.3 Å². The van der Waals surface area contributed by atoms with Crippen molar-refractivity contribution < 1.29 is 4.42 Å². The first-order chi connectivity index (χ1) is 5.95. The Bertz CT molecular complexity index is 463. The van der Waals surface area contributed by atoms with Gasteiger partial charge in [0.05, 0.1) is 0 Å². The highest BCUT2D eigenvalue weighted by molar-refractivity contribution is 5.89. The normalized spacial score (nSPS) is 14.0. The standard InChI is InChI=1S/C11H8O/c1-2-6-10-8(4-1)9-5-3-7-11(9)12-10/h1-6H,7H2. The second-order valence-electron chi connectivity index (χ2n) is 3.04. The van der Waals surface area contributed by atoms with Crippen LogP contribution in [0.25, 0.3) is 17.0 Å². The van der Waals surface area contributed by atoms with Crippen molar-refractivity contribution in [3.8, 4) is 0 Å². The maximum Gasteiger partial charge on any atom is 0.134 e. The van der Waals surface area contributed by atoms with Crippen LogP contribution in [0.3, 0.4) is 0 Å². The van der Waals surface area contributed by atoms with Crippen LogP contribution in [0.4, 0.5) is 0 Å². The lowest BCUT2D eigenvalue weighted by Gasteiger charge is -1.85. The topological polar surface area (TPSA) is 13.1 Å². The van der Waals surface area contributed by atoms with Crippen molar-refractivity contribution in [2.75, 3.05) is 0 Å². The van der Waals surface area contributed by atoms with Crippen LogP contribution in [0.15, 0.2) is 34.8 Å². The van der Waals surface area contributed by atoms with Gasteiger partial charge in [-0.3, -0.25) is 0 Å². The molecule has 1 aromatic carbocycles. The number of fused-ring (bicyclic) bond motifs is 3. The molecule has 1 aliphatic carbocycles. The summed E-state index contributed by atoms with van der Waals surface area (Å²) >= 11 is 0. The Morgan fingerprint density at radius 3 is 3.08 bits per heavy atom. The van der Waals surface area contributed by atoms with Crippen LogP contribution in [0.2, 0.25) is 0 Å². The first kappa shape index (κ1) is 6.06. The molecule has 1 heteroatoms. The van der Waals surface area contributed by atoms with Gasteiger partial charge >= 0.3 is 0 Å². The number of hydrogen-bond donors (Lipinski definition) is 0. The molecular formula is C11H8O. The van der Waals surface area contributed by atoms with Crippen LogP contribution in [-0.4, -0.2) is 0 Å². The molecule has 0 saturated heterocycles. The molecule has 0 aliphatic heterocycles. The van der Waals surface area contributed by atoms with Gasteiger partial charge < -0.3 is 4.42 Å². The molecule has 1 aromatic heterocycles. The molecule has 12 heavy (non-hydrogen) atoms. The van der Waals surface area contributed by atoms with Crippen molar-refractivity contribution in [2.45, 2.75) is 6.42 Å². The summed E-state index contributed by atoms with van der Waals surface area (Å²) in [5, 5.41) is 1.24. The molecule has 0 amide bonds. The zero-order valence-corrected chi connectivity index (χ0v) is 6.58. The lowest BCUT2D eigenvalue weighted by molar-refractivity contribution is 0.567. The summed E-state index contributed by atoms with van der Waals surface area (Å²) in [4.78, 5) is 0. The van der Waals surface area contributed by atoms with E-state index in [1.54, 1.807) is 0 Å². The number of hydrogen-bond acceptors (Lipinski definition) is 1. The van der Waals surface area contributed by atoms with Crippen LogP contribution in [0, 0.1) is 0 Å². The number of para-hydroxylation sites is 1. The smallest absolute Gasteiger partial charge is 0.134 e. The fourth-order valence-corrected chi connectivity index (χ4v) is 1.73. The van der Waals surface area contributed by atoms with Gasteiger partial charge in [-0.1, -0.05) is 30.4 Å². The molecule has 3 rings (SSSR count). The highest BCUT2D eigenvalue weighted by Crippen LogP contribution is 2.30. The summed E-state index contributed by atoms with van der Waals surface area (Å²) in [5.41, 5.74) is 2.28. The molecule has 1 aliphatic rings. The third kappa shape index (κ3) is 0.632. The monoisotopic (exact) mass is 156 g/mol. The number of benzene rings is 1. The van der Waals surface area contributed by atoms with E-state index in [0.29, 0.717) is 0 Å². The molecule has 1 nitrogen and oxygen atoms in total. The van der Waals surface area contributed by atoms with E-state index in [1.807, 2.05) is 18.2 Å². The maximum atomic E-state index is 5.65. The SMILES string of the molecule is C1=Cc2c(oc3ccccc23)C1. The van der Waals surface area contributed by atoms with E-state index < -0.39 is 0 Å². The summed E-state index contributed by atoms with van der Waals surface area (Å²) < 4.78 is 5.65. The largest absolute Gasteiger partial charge is 0.460 e. The highest BCUT2D eigenvalue weighted by atomic mass is 16.3. The summed E-state index contributed by atoms with van der Waals surface area (Å²) in [6, 6.07) is 8.17. The van der Waals surface area contributed by atoms with Gasteiger partial charge in [0.25, 0.3) is 0 Å². The van der Waals surface area contributed by atoms with Crippen molar-refractivity contribution in [2.24, 2.45) is 0 Å². The second-order valence-corrected chi connectivity index (χ2v) is 3.04. The van der Waals surface area contributed by atoms with E-state index in [0.717, 1.165) is 17.8 Å².